The standard InChI is InChI=1S/C17H17F3N2O4S/c1-21-27(25,26)12-8-6-11(7-9-12)16(24)22-10-15(23)13-4-2-3-5-14(13)17(18,19)20/h2-9,15,21,23H,10H2,1H3,(H,22,24). The number of benzene rings is 2. The van der Waals surface area contributed by atoms with Crippen LogP contribution in [0.15, 0.2) is 53.4 Å². The molecule has 27 heavy (non-hydrogen) atoms. The van der Waals surface area contributed by atoms with Crippen LogP contribution in [-0.2, 0) is 16.2 Å². The summed E-state index contributed by atoms with van der Waals surface area (Å²) in [5, 5.41) is 12.4. The number of aliphatic hydroxyl groups is 1. The summed E-state index contributed by atoms with van der Waals surface area (Å²) < 4.78 is 64.3. The van der Waals surface area contributed by atoms with E-state index in [2.05, 4.69) is 10.0 Å². The highest BCUT2D eigenvalue weighted by molar-refractivity contribution is 7.89. The average Bonchev–Trinajstić information content (AvgIpc) is 2.65. The first kappa shape index (κ1) is 20.9. The maximum absolute atomic E-state index is 13.0. The molecule has 0 saturated heterocycles. The van der Waals surface area contributed by atoms with E-state index in [0.717, 1.165) is 12.1 Å². The van der Waals surface area contributed by atoms with E-state index in [0.29, 0.717) is 0 Å². The number of amides is 1. The Morgan fingerprint density at radius 2 is 1.70 bits per heavy atom. The van der Waals surface area contributed by atoms with Gasteiger partial charge >= 0.3 is 6.18 Å². The number of carbonyl (C=O) groups excluding carboxylic acids is 1. The van der Waals surface area contributed by atoms with E-state index in [1.54, 1.807) is 0 Å². The highest BCUT2D eigenvalue weighted by Crippen LogP contribution is 2.34. The van der Waals surface area contributed by atoms with E-state index in [1.165, 1.54) is 43.4 Å². The summed E-state index contributed by atoms with van der Waals surface area (Å²) in [6.45, 7) is -0.442. The summed E-state index contributed by atoms with van der Waals surface area (Å²) in [4.78, 5) is 12.0. The maximum Gasteiger partial charge on any atom is 0.416 e. The van der Waals surface area contributed by atoms with Crippen LogP contribution >= 0.6 is 0 Å². The van der Waals surface area contributed by atoms with Crippen LogP contribution in [0.2, 0.25) is 0 Å². The largest absolute Gasteiger partial charge is 0.416 e. The fraction of sp³-hybridized carbons (Fsp3) is 0.235. The maximum atomic E-state index is 13.0. The molecule has 0 spiro atoms. The highest BCUT2D eigenvalue weighted by atomic mass is 32.2. The molecule has 2 aromatic rings. The van der Waals surface area contributed by atoms with Gasteiger partial charge in [-0.15, -0.1) is 0 Å². The molecule has 2 aromatic carbocycles. The fourth-order valence-electron chi connectivity index (χ4n) is 2.35. The van der Waals surface area contributed by atoms with Crippen molar-refractivity contribution in [2.45, 2.75) is 17.2 Å². The molecule has 0 bridgehead atoms. The number of hydrogen-bond acceptors (Lipinski definition) is 4. The lowest BCUT2D eigenvalue weighted by molar-refractivity contribution is -0.139. The zero-order valence-electron chi connectivity index (χ0n) is 14.1. The molecule has 1 atom stereocenters. The lowest BCUT2D eigenvalue weighted by atomic mass is 10.0. The second-order valence-electron chi connectivity index (χ2n) is 5.54. The van der Waals surface area contributed by atoms with Crippen LogP contribution in [0.3, 0.4) is 0 Å². The number of nitrogens with one attached hydrogen (secondary N) is 2. The zero-order valence-corrected chi connectivity index (χ0v) is 14.9. The first-order valence-corrected chi connectivity index (χ1v) is 9.20. The van der Waals surface area contributed by atoms with Gasteiger partial charge in [-0.1, -0.05) is 18.2 Å². The number of hydrogen-bond donors (Lipinski definition) is 3. The Balaban J connectivity index is 2.08. The first-order valence-electron chi connectivity index (χ1n) is 7.72. The van der Waals surface area contributed by atoms with Crippen molar-refractivity contribution in [3.8, 4) is 0 Å². The number of sulfonamides is 1. The Kier molecular flexibility index (Phi) is 6.24. The monoisotopic (exact) mass is 402 g/mol. The number of halogens is 3. The molecule has 0 aliphatic heterocycles. The highest BCUT2D eigenvalue weighted by Gasteiger charge is 2.34. The van der Waals surface area contributed by atoms with Crippen LogP contribution in [0.1, 0.15) is 27.6 Å². The van der Waals surface area contributed by atoms with E-state index in [-0.39, 0.29) is 16.0 Å². The van der Waals surface area contributed by atoms with Crippen LogP contribution in [0.25, 0.3) is 0 Å². The molecule has 0 radical (unpaired) electrons. The summed E-state index contributed by atoms with van der Waals surface area (Å²) in [5.41, 5.74) is -1.23. The van der Waals surface area contributed by atoms with Crippen molar-refractivity contribution in [3.05, 3.63) is 65.2 Å². The number of rotatable bonds is 6. The Bertz CT molecular complexity index is 913. The minimum absolute atomic E-state index is 0.0410. The molecule has 3 N–H and O–H groups in total. The van der Waals surface area contributed by atoms with Crippen molar-refractivity contribution >= 4 is 15.9 Å². The summed E-state index contributed by atoms with van der Waals surface area (Å²) in [6, 6.07) is 9.50. The van der Waals surface area contributed by atoms with Crippen LogP contribution in [0.4, 0.5) is 13.2 Å². The van der Waals surface area contributed by atoms with E-state index < -0.39 is 40.3 Å². The van der Waals surface area contributed by atoms with Crippen LogP contribution in [-0.4, -0.2) is 33.0 Å². The van der Waals surface area contributed by atoms with Gasteiger partial charge < -0.3 is 10.4 Å². The lowest BCUT2D eigenvalue weighted by Gasteiger charge is -2.18. The molecule has 0 aliphatic carbocycles. The van der Waals surface area contributed by atoms with Gasteiger partial charge in [0.1, 0.15) is 0 Å². The third kappa shape index (κ3) is 5.06. The minimum atomic E-state index is -4.63. The molecule has 10 heteroatoms. The van der Waals surface area contributed by atoms with Crippen molar-refractivity contribution < 1.29 is 31.5 Å². The lowest BCUT2D eigenvalue weighted by Crippen LogP contribution is -2.29. The normalized spacial score (nSPS) is 13.2. The summed E-state index contributed by atoms with van der Waals surface area (Å²) in [6.07, 6.45) is -6.19. The second-order valence-corrected chi connectivity index (χ2v) is 7.43. The van der Waals surface area contributed by atoms with Gasteiger partial charge in [0, 0.05) is 12.1 Å². The van der Waals surface area contributed by atoms with Gasteiger partial charge in [0.05, 0.1) is 16.6 Å². The minimum Gasteiger partial charge on any atom is -0.387 e. The Hall–Kier alpha value is -2.43. The Labute approximate surface area is 154 Å². The molecule has 0 aliphatic rings. The molecule has 2 rings (SSSR count). The quantitative estimate of drug-likeness (QED) is 0.689. The van der Waals surface area contributed by atoms with Crippen LogP contribution in [0.5, 0.6) is 0 Å². The molecule has 146 valence electrons. The average molecular weight is 402 g/mol. The predicted molar refractivity (Wildman–Crippen MR) is 91.4 cm³/mol. The van der Waals surface area contributed by atoms with E-state index in [4.69, 9.17) is 0 Å². The van der Waals surface area contributed by atoms with Crippen LogP contribution in [0, 0.1) is 0 Å². The smallest absolute Gasteiger partial charge is 0.387 e. The molecule has 0 fully saturated rings. The van der Waals surface area contributed by atoms with E-state index in [9.17, 15) is 31.5 Å². The molecule has 0 heterocycles. The molecule has 1 amide bonds. The van der Waals surface area contributed by atoms with Gasteiger partial charge in [-0.3, -0.25) is 4.79 Å². The van der Waals surface area contributed by atoms with Crippen molar-refractivity contribution in [1.29, 1.82) is 0 Å². The van der Waals surface area contributed by atoms with Gasteiger partial charge in [-0.25, -0.2) is 13.1 Å². The zero-order chi connectivity index (χ0) is 20.2. The molecule has 1 unspecified atom stereocenters. The van der Waals surface area contributed by atoms with E-state index >= 15 is 0 Å². The molecular formula is C17H17F3N2O4S. The summed E-state index contributed by atoms with van der Waals surface area (Å²) in [5.74, 6) is -0.660. The summed E-state index contributed by atoms with van der Waals surface area (Å²) in [7, 11) is -2.40. The van der Waals surface area contributed by atoms with Crippen molar-refractivity contribution in [3.63, 3.8) is 0 Å². The van der Waals surface area contributed by atoms with Gasteiger partial charge in [-0.2, -0.15) is 13.2 Å². The molecule has 0 aromatic heterocycles. The van der Waals surface area contributed by atoms with Crippen molar-refractivity contribution in [1.82, 2.24) is 10.0 Å². The third-order valence-electron chi connectivity index (χ3n) is 3.78. The topological polar surface area (TPSA) is 95.5 Å². The number of alkyl halides is 3. The number of aliphatic hydroxyl groups excluding tert-OH is 1. The van der Waals surface area contributed by atoms with Crippen molar-refractivity contribution in [2.24, 2.45) is 0 Å². The SMILES string of the molecule is CNS(=O)(=O)c1ccc(C(=O)NCC(O)c2ccccc2C(F)(F)F)cc1. The van der Waals surface area contributed by atoms with Gasteiger partial charge in [0.2, 0.25) is 10.0 Å². The molecule has 6 nitrogen and oxygen atoms in total. The van der Waals surface area contributed by atoms with E-state index in [1.807, 2.05) is 0 Å². The van der Waals surface area contributed by atoms with Gasteiger partial charge in [0.15, 0.2) is 0 Å². The molecular weight excluding hydrogens is 385 g/mol. The van der Waals surface area contributed by atoms with Crippen molar-refractivity contribution in [2.75, 3.05) is 13.6 Å². The van der Waals surface area contributed by atoms with Gasteiger partial charge in [-0.05, 0) is 42.9 Å². The van der Waals surface area contributed by atoms with Gasteiger partial charge in [0.25, 0.3) is 5.91 Å². The predicted octanol–water partition coefficient (Wildman–Crippen LogP) is 2.08. The fourth-order valence-corrected chi connectivity index (χ4v) is 3.08. The Morgan fingerprint density at radius 1 is 1.11 bits per heavy atom. The second kappa shape index (κ2) is 8.07. The molecule has 0 saturated carbocycles. The Morgan fingerprint density at radius 3 is 2.26 bits per heavy atom. The summed E-state index contributed by atoms with van der Waals surface area (Å²) >= 11 is 0. The first-order chi connectivity index (χ1) is 12.6. The third-order valence-corrected chi connectivity index (χ3v) is 5.21. The van der Waals surface area contributed by atoms with Crippen LogP contribution < -0.4 is 10.0 Å². The number of carbonyl (C=O) groups is 1.